The highest BCUT2D eigenvalue weighted by molar-refractivity contribution is 7.91. The van der Waals surface area contributed by atoms with E-state index in [9.17, 15) is 31.5 Å². The van der Waals surface area contributed by atoms with Gasteiger partial charge in [0.05, 0.1) is 11.4 Å². The number of carbonyl (C=O) groups is 1. The quantitative estimate of drug-likeness (QED) is 0.291. The smallest absolute Gasteiger partial charge is 0.422 e. The van der Waals surface area contributed by atoms with E-state index in [1.807, 2.05) is 13.8 Å². The van der Waals surface area contributed by atoms with Gasteiger partial charge in [-0.15, -0.1) is 4.40 Å². The van der Waals surface area contributed by atoms with Crippen molar-refractivity contribution in [3.8, 4) is 5.75 Å². The summed E-state index contributed by atoms with van der Waals surface area (Å²) >= 11 is 0. The highest BCUT2D eigenvalue weighted by Crippen LogP contribution is 2.32. The minimum Gasteiger partial charge on any atom is -0.507 e. The zero-order valence-corrected chi connectivity index (χ0v) is 23.1. The molecule has 1 amide bonds. The average molecular weight is 590 g/mol. The van der Waals surface area contributed by atoms with Gasteiger partial charge in [0.15, 0.2) is 5.84 Å². The van der Waals surface area contributed by atoms with Crippen LogP contribution < -0.4 is 20.3 Å². The number of nitrogens with one attached hydrogen (secondary N) is 3. The van der Waals surface area contributed by atoms with Crippen molar-refractivity contribution in [1.29, 1.82) is 0 Å². The second kappa shape index (κ2) is 11.4. The SMILES string of the molecule is CC(C)CCn1ccc(O)c(C2=NS(=O)(=O)c3cc(NS(=O)(=O)NC(=O)OCc4ccccc4)ccc3N2)c1=O. The lowest BCUT2D eigenvalue weighted by Gasteiger charge is -2.20. The van der Waals surface area contributed by atoms with Crippen LogP contribution >= 0.6 is 0 Å². The highest BCUT2D eigenvalue weighted by Gasteiger charge is 2.29. The first-order valence-electron chi connectivity index (χ1n) is 12.0. The molecule has 212 valence electrons. The van der Waals surface area contributed by atoms with Crippen LogP contribution in [0.5, 0.6) is 5.75 Å². The number of benzene rings is 2. The van der Waals surface area contributed by atoms with Crippen LogP contribution in [0.4, 0.5) is 16.2 Å². The first kappa shape index (κ1) is 28.6. The molecule has 1 aliphatic heterocycles. The van der Waals surface area contributed by atoms with Gasteiger partial charge >= 0.3 is 16.3 Å². The molecule has 3 aromatic rings. The number of rotatable bonds is 9. The van der Waals surface area contributed by atoms with Crippen LogP contribution in [0.1, 0.15) is 31.4 Å². The number of hydrogen-bond donors (Lipinski definition) is 4. The van der Waals surface area contributed by atoms with Crippen molar-refractivity contribution >= 4 is 43.5 Å². The summed E-state index contributed by atoms with van der Waals surface area (Å²) in [6.07, 6.45) is 0.863. The molecule has 0 fully saturated rings. The Bertz CT molecular complexity index is 1730. The van der Waals surface area contributed by atoms with Gasteiger partial charge in [-0.05, 0) is 42.2 Å². The molecule has 2 heterocycles. The highest BCUT2D eigenvalue weighted by atomic mass is 32.2. The largest absolute Gasteiger partial charge is 0.507 e. The number of aryl methyl sites for hydroxylation is 1. The Morgan fingerprint density at radius 1 is 1.15 bits per heavy atom. The fourth-order valence-corrected chi connectivity index (χ4v) is 5.65. The molecule has 0 spiro atoms. The number of hydrogen-bond acceptors (Lipinski definition) is 9. The van der Waals surface area contributed by atoms with Gasteiger partial charge in [-0.1, -0.05) is 44.2 Å². The van der Waals surface area contributed by atoms with Gasteiger partial charge in [-0.2, -0.15) is 16.8 Å². The summed E-state index contributed by atoms with van der Waals surface area (Å²) < 4.78 is 64.5. The van der Waals surface area contributed by atoms with Crippen molar-refractivity contribution < 1.29 is 31.5 Å². The summed E-state index contributed by atoms with van der Waals surface area (Å²) in [5.74, 6) is -0.515. The van der Waals surface area contributed by atoms with E-state index in [1.165, 1.54) is 29.0 Å². The van der Waals surface area contributed by atoms with Crippen LogP contribution in [0.2, 0.25) is 0 Å². The molecule has 0 saturated carbocycles. The molecule has 0 unspecified atom stereocenters. The van der Waals surface area contributed by atoms with E-state index in [1.54, 1.807) is 35.1 Å². The van der Waals surface area contributed by atoms with Gasteiger partial charge in [-0.25, -0.2) is 9.52 Å². The third kappa shape index (κ3) is 6.79. The summed E-state index contributed by atoms with van der Waals surface area (Å²) in [7, 11) is -8.92. The maximum absolute atomic E-state index is 13.0. The van der Waals surface area contributed by atoms with Crippen molar-refractivity contribution in [3.63, 3.8) is 0 Å². The lowest BCUT2D eigenvalue weighted by Crippen LogP contribution is -2.35. The van der Waals surface area contributed by atoms with Crippen LogP contribution in [0, 0.1) is 5.92 Å². The van der Waals surface area contributed by atoms with Crippen LogP contribution in [0.15, 0.2) is 74.9 Å². The Hall–Kier alpha value is -4.37. The lowest BCUT2D eigenvalue weighted by molar-refractivity contribution is 0.146. The van der Waals surface area contributed by atoms with Crippen LogP contribution in [0.25, 0.3) is 0 Å². The number of pyridine rings is 1. The van der Waals surface area contributed by atoms with Gasteiger partial charge in [0, 0.05) is 12.7 Å². The number of amidine groups is 1. The Kier molecular flexibility index (Phi) is 8.16. The lowest BCUT2D eigenvalue weighted by atomic mass is 10.1. The van der Waals surface area contributed by atoms with Crippen molar-refractivity contribution in [2.75, 3.05) is 10.0 Å². The molecule has 40 heavy (non-hydrogen) atoms. The number of nitrogens with zero attached hydrogens (tertiary/aromatic N) is 2. The number of anilines is 2. The van der Waals surface area contributed by atoms with Gasteiger partial charge in [0.25, 0.3) is 15.6 Å². The summed E-state index contributed by atoms with van der Waals surface area (Å²) in [5.41, 5.74) is -0.485. The molecule has 0 saturated heterocycles. The zero-order chi connectivity index (χ0) is 29.1. The summed E-state index contributed by atoms with van der Waals surface area (Å²) in [6.45, 7) is 4.18. The monoisotopic (exact) mass is 589 g/mol. The van der Waals surface area contributed by atoms with Crippen molar-refractivity contribution in [1.82, 2.24) is 9.29 Å². The summed E-state index contributed by atoms with van der Waals surface area (Å²) in [4.78, 5) is 24.6. The molecule has 4 N–H and O–H groups in total. The van der Waals surface area contributed by atoms with Crippen molar-refractivity contribution in [2.24, 2.45) is 10.3 Å². The molecule has 0 aliphatic carbocycles. The predicted octanol–water partition coefficient (Wildman–Crippen LogP) is 2.74. The number of fused-ring (bicyclic) bond motifs is 1. The molecule has 2 aromatic carbocycles. The van der Waals surface area contributed by atoms with E-state index < -0.39 is 42.5 Å². The number of aromatic nitrogens is 1. The van der Waals surface area contributed by atoms with Crippen molar-refractivity contribution in [3.05, 3.63) is 82.3 Å². The Balaban J connectivity index is 1.52. The second-order valence-corrected chi connectivity index (χ2v) is 12.3. The fraction of sp³-hybridized carbons (Fsp3) is 0.240. The number of aromatic hydroxyl groups is 1. The van der Waals surface area contributed by atoms with E-state index in [4.69, 9.17) is 4.74 Å². The van der Waals surface area contributed by atoms with E-state index in [0.717, 1.165) is 6.07 Å². The summed E-state index contributed by atoms with van der Waals surface area (Å²) in [6, 6.07) is 13.4. The van der Waals surface area contributed by atoms with Crippen molar-refractivity contribution in [2.45, 2.75) is 38.3 Å². The molecule has 15 heteroatoms. The third-order valence-corrected chi connectivity index (χ3v) is 7.99. The fourth-order valence-electron chi connectivity index (χ4n) is 3.73. The number of ether oxygens (including phenoxy) is 1. The second-order valence-electron chi connectivity index (χ2n) is 9.28. The third-order valence-electron chi connectivity index (χ3n) is 5.73. The average Bonchev–Trinajstić information content (AvgIpc) is 2.87. The first-order valence-corrected chi connectivity index (χ1v) is 15.0. The van der Waals surface area contributed by atoms with E-state index in [-0.39, 0.29) is 29.4 Å². The standard InChI is InChI=1S/C25H27N5O8S2/c1-16(2)10-12-30-13-11-20(31)22(24(30)32)23-26-19-9-8-18(14-21(19)39(34,35)28-23)27-40(36,37)29-25(33)38-15-17-6-4-3-5-7-17/h3-9,11,13-14,16,27,31H,10,12,15H2,1-2H3,(H,26,28)(H,29,33). The molecular weight excluding hydrogens is 562 g/mol. The molecule has 1 aromatic heterocycles. The van der Waals surface area contributed by atoms with Gasteiger partial charge in [-0.3, -0.25) is 9.52 Å². The Morgan fingerprint density at radius 3 is 2.58 bits per heavy atom. The molecule has 1 aliphatic rings. The first-order chi connectivity index (χ1) is 18.8. The van der Waals surface area contributed by atoms with Crippen LogP contribution in [0.3, 0.4) is 0 Å². The maximum atomic E-state index is 13.0. The maximum Gasteiger partial charge on any atom is 0.422 e. The minimum atomic E-state index is -4.49. The minimum absolute atomic E-state index is 0.000406. The predicted molar refractivity (Wildman–Crippen MR) is 148 cm³/mol. The molecular formula is C25H27N5O8S2. The Labute approximate surface area is 230 Å². The molecule has 13 nitrogen and oxygen atoms in total. The van der Waals surface area contributed by atoms with E-state index >= 15 is 0 Å². The van der Waals surface area contributed by atoms with Gasteiger partial charge < -0.3 is 19.7 Å². The van der Waals surface area contributed by atoms with E-state index in [2.05, 4.69) is 14.4 Å². The van der Waals surface area contributed by atoms with Crippen LogP contribution in [-0.2, 0) is 38.1 Å². The molecule has 0 radical (unpaired) electrons. The number of sulfonamides is 1. The zero-order valence-electron chi connectivity index (χ0n) is 21.5. The molecule has 0 bridgehead atoms. The normalized spacial score (nSPS) is 14.0. The molecule has 4 rings (SSSR count). The van der Waals surface area contributed by atoms with Gasteiger partial charge in [0.1, 0.15) is 22.8 Å². The van der Waals surface area contributed by atoms with Crippen LogP contribution in [-0.4, -0.2) is 38.4 Å². The number of carbonyl (C=O) groups excluding carboxylic acids is 1. The van der Waals surface area contributed by atoms with E-state index in [0.29, 0.717) is 24.4 Å². The van der Waals surface area contributed by atoms with Gasteiger partial charge in [0.2, 0.25) is 0 Å². The topological polar surface area (TPSA) is 185 Å². The summed E-state index contributed by atoms with van der Waals surface area (Å²) in [5, 5.41) is 13.1. The Morgan fingerprint density at radius 2 is 1.88 bits per heavy atom. The number of amides is 1. The molecule has 0 atom stereocenters.